The van der Waals surface area contributed by atoms with E-state index in [2.05, 4.69) is 0 Å². The monoisotopic (exact) mass is 310 g/mol. The Morgan fingerprint density at radius 3 is 2.38 bits per heavy atom. The second-order valence-electron chi connectivity index (χ2n) is 5.78. The molecule has 2 heterocycles. The van der Waals surface area contributed by atoms with Gasteiger partial charge in [-0.05, 0) is 37.3 Å². The molecule has 1 saturated heterocycles. The van der Waals surface area contributed by atoms with Crippen molar-refractivity contribution in [3.63, 3.8) is 0 Å². The molecule has 0 amide bonds. The average Bonchev–Trinajstić information content (AvgIpc) is 2.76. The van der Waals surface area contributed by atoms with E-state index in [-0.39, 0.29) is 5.75 Å². The van der Waals surface area contributed by atoms with Gasteiger partial charge in [-0.2, -0.15) is 12.7 Å². The van der Waals surface area contributed by atoms with Gasteiger partial charge >= 0.3 is 10.2 Å². The molecule has 2 aliphatic heterocycles. The normalized spacial score (nSPS) is 20.9. The fourth-order valence-corrected chi connectivity index (χ4v) is 5.03. The molecule has 1 aromatic rings. The lowest BCUT2D eigenvalue weighted by atomic mass is 10.0. The number of nitrogens with zero attached hydrogens (tertiary/aromatic N) is 2. The van der Waals surface area contributed by atoms with E-state index in [1.54, 1.807) is 16.4 Å². The van der Waals surface area contributed by atoms with Gasteiger partial charge in [0.25, 0.3) is 0 Å². The smallest absolute Gasteiger partial charge is 0.304 e. The lowest BCUT2D eigenvalue weighted by Crippen LogP contribution is -2.46. The Morgan fingerprint density at radius 2 is 1.67 bits per heavy atom. The Balaban J connectivity index is 1.97. The summed E-state index contributed by atoms with van der Waals surface area (Å²) in [6.07, 6.45) is 5.63. The van der Waals surface area contributed by atoms with E-state index in [1.165, 1.54) is 4.31 Å². The van der Waals surface area contributed by atoms with E-state index in [4.69, 9.17) is 0 Å². The molecule has 2 aliphatic rings. The molecule has 5 nitrogen and oxygen atoms in total. The average molecular weight is 310 g/mol. The van der Waals surface area contributed by atoms with Gasteiger partial charge in [-0.3, -0.25) is 4.31 Å². The quantitative estimate of drug-likeness (QED) is 0.911. The number of hydrogen-bond acceptors (Lipinski definition) is 3. The Hall–Kier alpha value is -1.27. The van der Waals surface area contributed by atoms with Crippen LogP contribution in [0, 0.1) is 0 Å². The van der Waals surface area contributed by atoms with Crippen molar-refractivity contribution < 1.29 is 13.5 Å². The van der Waals surface area contributed by atoms with Gasteiger partial charge in [0, 0.05) is 19.6 Å². The molecular weight excluding hydrogens is 288 g/mol. The summed E-state index contributed by atoms with van der Waals surface area (Å²) in [5.41, 5.74) is 1.40. The number of benzene rings is 1. The number of phenolic OH excluding ortho intramolecular Hbond substituents is 1. The molecule has 6 heteroatoms. The van der Waals surface area contributed by atoms with Crippen molar-refractivity contribution in [2.45, 2.75) is 38.5 Å². The molecule has 0 bridgehead atoms. The minimum atomic E-state index is -3.54. The van der Waals surface area contributed by atoms with Crippen LogP contribution in [0.15, 0.2) is 18.2 Å². The minimum Gasteiger partial charge on any atom is -0.506 e. The lowest BCUT2D eigenvalue weighted by Gasteiger charge is -2.34. The summed E-state index contributed by atoms with van der Waals surface area (Å²) in [7, 11) is -3.54. The number of fused-ring (bicyclic) bond motifs is 1. The van der Waals surface area contributed by atoms with E-state index in [0.29, 0.717) is 25.3 Å². The van der Waals surface area contributed by atoms with Crippen molar-refractivity contribution in [1.82, 2.24) is 4.31 Å². The van der Waals surface area contributed by atoms with Gasteiger partial charge in [0.15, 0.2) is 0 Å². The summed E-state index contributed by atoms with van der Waals surface area (Å²) in [6.45, 7) is 1.62. The minimum absolute atomic E-state index is 0.0607. The summed E-state index contributed by atoms with van der Waals surface area (Å²) in [5.74, 6) is 0.0607. The first kappa shape index (κ1) is 14.7. The third-order valence-corrected chi connectivity index (χ3v) is 6.26. The van der Waals surface area contributed by atoms with Gasteiger partial charge in [0.05, 0.1) is 5.69 Å². The zero-order valence-electron chi connectivity index (χ0n) is 12.2. The Morgan fingerprint density at radius 1 is 0.952 bits per heavy atom. The van der Waals surface area contributed by atoms with E-state index in [1.807, 2.05) is 6.07 Å². The zero-order valence-corrected chi connectivity index (χ0v) is 13.0. The highest BCUT2D eigenvalue weighted by Crippen LogP contribution is 2.38. The van der Waals surface area contributed by atoms with Crippen LogP contribution < -0.4 is 4.31 Å². The van der Waals surface area contributed by atoms with Crippen molar-refractivity contribution in [3.05, 3.63) is 23.8 Å². The molecule has 0 spiro atoms. The summed E-state index contributed by atoms with van der Waals surface area (Å²) < 4.78 is 28.9. The molecule has 1 fully saturated rings. The number of para-hydroxylation sites is 1. The van der Waals surface area contributed by atoms with Gasteiger partial charge in [-0.25, -0.2) is 0 Å². The van der Waals surface area contributed by atoms with E-state index < -0.39 is 10.2 Å². The van der Waals surface area contributed by atoms with Gasteiger partial charge in [0.2, 0.25) is 0 Å². The van der Waals surface area contributed by atoms with Crippen LogP contribution in [-0.4, -0.2) is 37.5 Å². The van der Waals surface area contributed by atoms with Crippen molar-refractivity contribution in [1.29, 1.82) is 0 Å². The SMILES string of the molecule is O=S(=O)(N1CCCCCC1)N1CCCc2cccc(O)c21. The summed E-state index contributed by atoms with van der Waals surface area (Å²) in [4.78, 5) is 0. The highest BCUT2D eigenvalue weighted by molar-refractivity contribution is 7.90. The van der Waals surface area contributed by atoms with Crippen molar-refractivity contribution in [3.8, 4) is 5.75 Å². The van der Waals surface area contributed by atoms with Crippen LogP contribution >= 0.6 is 0 Å². The first-order valence-electron chi connectivity index (χ1n) is 7.69. The molecule has 21 heavy (non-hydrogen) atoms. The van der Waals surface area contributed by atoms with Crippen molar-refractivity contribution in [2.24, 2.45) is 0 Å². The molecule has 3 rings (SSSR count). The maximum atomic E-state index is 12.9. The Kier molecular flexibility index (Phi) is 4.08. The first-order chi connectivity index (χ1) is 10.1. The van der Waals surface area contributed by atoms with Gasteiger partial charge in [0.1, 0.15) is 5.75 Å². The van der Waals surface area contributed by atoms with Crippen LogP contribution in [0.5, 0.6) is 5.75 Å². The fourth-order valence-electron chi connectivity index (χ4n) is 3.23. The number of phenols is 1. The van der Waals surface area contributed by atoms with Crippen LogP contribution in [0.4, 0.5) is 5.69 Å². The van der Waals surface area contributed by atoms with Crippen LogP contribution in [0.1, 0.15) is 37.7 Å². The highest BCUT2D eigenvalue weighted by atomic mass is 32.2. The maximum Gasteiger partial charge on any atom is 0.304 e. The summed E-state index contributed by atoms with van der Waals surface area (Å²) in [5, 5.41) is 10.1. The Labute approximate surface area is 126 Å². The van der Waals surface area contributed by atoms with E-state index >= 15 is 0 Å². The topological polar surface area (TPSA) is 60.9 Å². The molecule has 116 valence electrons. The van der Waals surface area contributed by atoms with Crippen LogP contribution in [0.3, 0.4) is 0 Å². The van der Waals surface area contributed by atoms with Crippen molar-refractivity contribution in [2.75, 3.05) is 23.9 Å². The highest BCUT2D eigenvalue weighted by Gasteiger charge is 2.34. The predicted octanol–water partition coefficient (Wildman–Crippen LogP) is 2.27. The molecule has 0 aliphatic carbocycles. The molecule has 0 unspecified atom stereocenters. The standard InChI is InChI=1S/C15H22N2O3S/c18-14-9-5-7-13-8-6-12-17(15(13)14)21(19,20)16-10-3-1-2-4-11-16/h5,7,9,18H,1-4,6,8,10-12H2. The lowest BCUT2D eigenvalue weighted by molar-refractivity contribution is 0.418. The second-order valence-corrected chi connectivity index (χ2v) is 7.63. The van der Waals surface area contributed by atoms with Crippen LogP contribution in [0.25, 0.3) is 0 Å². The molecule has 0 aromatic heterocycles. The van der Waals surface area contributed by atoms with Gasteiger partial charge < -0.3 is 5.11 Å². The second kappa shape index (κ2) is 5.85. The van der Waals surface area contributed by atoms with Gasteiger partial charge in [-0.15, -0.1) is 0 Å². The van der Waals surface area contributed by atoms with Crippen molar-refractivity contribution >= 4 is 15.9 Å². The predicted molar refractivity (Wildman–Crippen MR) is 82.7 cm³/mol. The number of anilines is 1. The maximum absolute atomic E-state index is 12.9. The molecular formula is C15H22N2O3S. The number of rotatable bonds is 2. The molecule has 0 saturated carbocycles. The first-order valence-corrected chi connectivity index (χ1v) is 9.09. The Bertz CT molecular complexity index is 607. The molecule has 1 aromatic carbocycles. The van der Waals surface area contributed by atoms with E-state index in [9.17, 15) is 13.5 Å². The van der Waals surface area contributed by atoms with E-state index in [0.717, 1.165) is 44.1 Å². The largest absolute Gasteiger partial charge is 0.506 e. The number of aromatic hydroxyl groups is 1. The number of hydrogen-bond donors (Lipinski definition) is 1. The van der Waals surface area contributed by atoms with Crippen LogP contribution in [0.2, 0.25) is 0 Å². The zero-order chi connectivity index (χ0) is 14.9. The molecule has 0 atom stereocenters. The molecule has 0 radical (unpaired) electrons. The third kappa shape index (κ3) is 2.74. The summed E-state index contributed by atoms with van der Waals surface area (Å²) >= 11 is 0. The summed E-state index contributed by atoms with van der Waals surface area (Å²) in [6, 6.07) is 5.24. The third-order valence-electron chi connectivity index (χ3n) is 4.32. The number of aryl methyl sites for hydroxylation is 1. The molecule has 1 N–H and O–H groups in total. The van der Waals surface area contributed by atoms with Crippen LogP contribution in [-0.2, 0) is 16.6 Å². The fraction of sp³-hybridized carbons (Fsp3) is 0.600. The van der Waals surface area contributed by atoms with Gasteiger partial charge in [-0.1, -0.05) is 25.0 Å².